The maximum absolute atomic E-state index is 6.19. The van der Waals surface area contributed by atoms with E-state index >= 15 is 0 Å². The lowest BCUT2D eigenvalue weighted by atomic mass is 9.75. The zero-order chi connectivity index (χ0) is 17.0. The Morgan fingerprint density at radius 1 is 1.12 bits per heavy atom. The maximum atomic E-state index is 6.19. The first-order valence-corrected chi connectivity index (χ1v) is 9.61. The Balaban J connectivity index is 1.45. The summed E-state index contributed by atoms with van der Waals surface area (Å²) < 4.78 is 6.19. The number of rotatable bonds is 6. The number of aryl methyl sites for hydroxylation is 1. The van der Waals surface area contributed by atoms with Gasteiger partial charge in [0.1, 0.15) is 0 Å². The topological polar surface area (TPSA) is 25.4 Å². The van der Waals surface area contributed by atoms with Crippen molar-refractivity contribution in [1.82, 2.24) is 9.88 Å². The van der Waals surface area contributed by atoms with Crippen LogP contribution in [0.3, 0.4) is 0 Å². The molecular formula is C22H28N2O. The molecule has 1 aromatic carbocycles. The maximum Gasteiger partial charge on any atom is 0.0645 e. The van der Waals surface area contributed by atoms with Crippen LogP contribution < -0.4 is 0 Å². The fourth-order valence-corrected chi connectivity index (χ4v) is 4.60. The van der Waals surface area contributed by atoms with Crippen LogP contribution in [0.5, 0.6) is 0 Å². The van der Waals surface area contributed by atoms with Crippen LogP contribution in [0.1, 0.15) is 36.8 Å². The zero-order valence-corrected chi connectivity index (χ0v) is 14.9. The molecule has 3 nitrogen and oxygen atoms in total. The average Bonchev–Trinajstić information content (AvgIpc) is 3.33. The van der Waals surface area contributed by atoms with Gasteiger partial charge in [-0.3, -0.25) is 9.88 Å². The van der Waals surface area contributed by atoms with Gasteiger partial charge in [-0.2, -0.15) is 0 Å². The number of ether oxygens (including phenoxy) is 1. The Labute approximate surface area is 151 Å². The lowest BCUT2D eigenvalue weighted by Gasteiger charge is -2.35. The van der Waals surface area contributed by atoms with Crippen molar-refractivity contribution in [2.45, 2.75) is 44.8 Å². The number of pyridine rings is 1. The van der Waals surface area contributed by atoms with E-state index in [0.717, 1.165) is 26.1 Å². The van der Waals surface area contributed by atoms with Gasteiger partial charge in [-0.05, 0) is 55.8 Å². The summed E-state index contributed by atoms with van der Waals surface area (Å²) in [6.07, 6.45) is 10.4. The van der Waals surface area contributed by atoms with Gasteiger partial charge in [0, 0.05) is 37.5 Å². The Kier molecular flexibility index (Phi) is 5.14. The second-order valence-electron chi connectivity index (χ2n) is 7.67. The fourth-order valence-electron chi connectivity index (χ4n) is 4.60. The van der Waals surface area contributed by atoms with Crippen LogP contribution in [0, 0.1) is 5.41 Å². The van der Waals surface area contributed by atoms with Gasteiger partial charge in [0.25, 0.3) is 0 Å². The third kappa shape index (κ3) is 3.94. The minimum atomic E-state index is 0.314. The largest absolute Gasteiger partial charge is 0.378 e. The lowest BCUT2D eigenvalue weighted by Crippen LogP contribution is -2.38. The monoisotopic (exact) mass is 336 g/mol. The molecule has 0 radical (unpaired) electrons. The van der Waals surface area contributed by atoms with Crippen molar-refractivity contribution < 1.29 is 4.74 Å². The molecule has 2 aromatic rings. The third-order valence-corrected chi connectivity index (χ3v) is 5.96. The van der Waals surface area contributed by atoms with Gasteiger partial charge in [0.15, 0.2) is 0 Å². The van der Waals surface area contributed by atoms with Crippen molar-refractivity contribution in [1.29, 1.82) is 0 Å². The molecule has 2 aliphatic heterocycles. The predicted octanol–water partition coefficient (Wildman–Crippen LogP) is 4.09. The molecule has 3 heteroatoms. The van der Waals surface area contributed by atoms with E-state index in [2.05, 4.69) is 46.3 Å². The van der Waals surface area contributed by atoms with Gasteiger partial charge in [-0.25, -0.2) is 0 Å². The van der Waals surface area contributed by atoms with Crippen LogP contribution in [0.2, 0.25) is 0 Å². The van der Waals surface area contributed by atoms with E-state index in [1.54, 1.807) is 0 Å². The molecule has 25 heavy (non-hydrogen) atoms. The molecule has 1 aromatic heterocycles. The number of hydrogen-bond donors (Lipinski definition) is 0. The molecule has 2 fully saturated rings. The predicted molar refractivity (Wildman–Crippen MR) is 100 cm³/mol. The van der Waals surface area contributed by atoms with Crippen LogP contribution in [0.15, 0.2) is 54.9 Å². The van der Waals surface area contributed by atoms with Gasteiger partial charge in [-0.1, -0.05) is 36.4 Å². The molecule has 132 valence electrons. The highest BCUT2D eigenvalue weighted by molar-refractivity contribution is 5.16. The molecule has 2 saturated heterocycles. The zero-order valence-electron chi connectivity index (χ0n) is 14.9. The van der Waals surface area contributed by atoms with Gasteiger partial charge in [-0.15, -0.1) is 0 Å². The summed E-state index contributed by atoms with van der Waals surface area (Å²) >= 11 is 0. The Morgan fingerprint density at radius 3 is 2.76 bits per heavy atom. The highest BCUT2D eigenvalue weighted by atomic mass is 16.5. The molecular weight excluding hydrogens is 308 g/mol. The average molecular weight is 336 g/mol. The van der Waals surface area contributed by atoms with Crippen LogP contribution in [0.4, 0.5) is 0 Å². The number of benzene rings is 1. The molecule has 2 atom stereocenters. The van der Waals surface area contributed by atoms with Crippen molar-refractivity contribution in [3.05, 3.63) is 66.0 Å². The highest BCUT2D eigenvalue weighted by Gasteiger charge is 2.45. The summed E-state index contributed by atoms with van der Waals surface area (Å²) in [6.45, 7) is 4.27. The fraction of sp³-hybridized carbons (Fsp3) is 0.500. The molecule has 3 heterocycles. The first kappa shape index (κ1) is 16.7. The molecule has 0 N–H and O–H groups in total. The molecule has 0 saturated carbocycles. The highest BCUT2D eigenvalue weighted by Crippen LogP contribution is 2.43. The van der Waals surface area contributed by atoms with Gasteiger partial charge in [0.05, 0.1) is 6.10 Å². The number of hydrogen-bond acceptors (Lipinski definition) is 3. The third-order valence-electron chi connectivity index (χ3n) is 5.96. The Morgan fingerprint density at radius 2 is 2.00 bits per heavy atom. The van der Waals surface area contributed by atoms with E-state index < -0.39 is 0 Å². The van der Waals surface area contributed by atoms with E-state index in [4.69, 9.17) is 4.74 Å². The van der Waals surface area contributed by atoms with Crippen molar-refractivity contribution >= 4 is 0 Å². The minimum absolute atomic E-state index is 0.314. The number of likely N-dealkylation sites (tertiary alicyclic amines) is 1. The van der Waals surface area contributed by atoms with Crippen LogP contribution in [-0.2, 0) is 17.7 Å². The van der Waals surface area contributed by atoms with Crippen LogP contribution in [0.25, 0.3) is 0 Å². The van der Waals surface area contributed by atoms with Crippen molar-refractivity contribution in [2.75, 3.05) is 19.7 Å². The van der Waals surface area contributed by atoms with E-state index in [0.29, 0.717) is 11.5 Å². The summed E-state index contributed by atoms with van der Waals surface area (Å²) in [6, 6.07) is 15.1. The van der Waals surface area contributed by atoms with E-state index in [1.807, 2.05) is 18.5 Å². The first-order valence-electron chi connectivity index (χ1n) is 9.61. The summed E-state index contributed by atoms with van der Waals surface area (Å²) in [5, 5.41) is 0. The first-order chi connectivity index (χ1) is 12.3. The van der Waals surface area contributed by atoms with E-state index in [9.17, 15) is 0 Å². The molecule has 2 unspecified atom stereocenters. The normalized spacial score (nSPS) is 27.0. The van der Waals surface area contributed by atoms with Crippen LogP contribution in [-0.4, -0.2) is 35.7 Å². The van der Waals surface area contributed by atoms with Crippen LogP contribution >= 0.6 is 0 Å². The molecule has 0 spiro atoms. The second-order valence-corrected chi connectivity index (χ2v) is 7.67. The Bertz CT molecular complexity index is 654. The molecule has 0 aliphatic carbocycles. The SMILES string of the molecule is c1ccc(CCC2(C3CCCO3)CCN(Cc3cccnc3)C2)cc1. The van der Waals surface area contributed by atoms with Gasteiger partial charge < -0.3 is 4.74 Å². The van der Waals surface area contributed by atoms with E-state index in [-0.39, 0.29) is 0 Å². The molecule has 2 aliphatic rings. The Hall–Kier alpha value is -1.71. The molecule has 0 bridgehead atoms. The van der Waals surface area contributed by atoms with E-state index in [1.165, 1.54) is 43.4 Å². The van der Waals surface area contributed by atoms with Crippen molar-refractivity contribution in [2.24, 2.45) is 5.41 Å². The minimum Gasteiger partial charge on any atom is -0.378 e. The molecule has 0 amide bonds. The number of nitrogens with zero attached hydrogens (tertiary/aromatic N) is 2. The quantitative estimate of drug-likeness (QED) is 0.794. The van der Waals surface area contributed by atoms with Gasteiger partial charge >= 0.3 is 0 Å². The standard InChI is InChI=1S/C22H28N2O/c1-2-6-19(7-3-1)10-11-22(21-9-5-15-25-21)12-14-24(18-22)17-20-8-4-13-23-16-20/h1-4,6-8,13,16,21H,5,9-12,14-15,17-18H2. The summed E-state index contributed by atoms with van der Waals surface area (Å²) in [5.74, 6) is 0. The van der Waals surface area contributed by atoms with Crippen molar-refractivity contribution in [3.8, 4) is 0 Å². The number of aromatic nitrogens is 1. The summed E-state index contributed by atoms with van der Waals surface area (Å²) in [5.41, 5.74) is 3.08. The smallest absolute Gasteiger partial charge is 0.0645 e. The lowest BCUT2D eigenvalue weighted by molar-refractivity contribution is -0.00181. The van der Waals surface area contributed by atoms with Crippen molar-refractivity contribution in [3.63, 3.8) is 0 Å². The van der Waals surface area contributed by atoms with Gasteiger partial charge in [0.2, 0.25) is 0 Å². The summed E-state index contributed by atoms with van der Waals surface area (Å²) in [4.78, 5) is 6.87. The second kappa shape index (κ2) is 7.67. The summed E-state index contributed by atoms with van der Waals surface area (Å²) in [7, 11) is 0. The molecule has 4 rings (SSSR count).